The molecule has 0 radical (unpaired) electrons. The van der Waals surface area contributed by atoms with Crippen LogP contribution in [0.25, 0.3) is 110 Å². The van der Waals surface area contributed by atoms with Gasteiger partial charge in [-0.3, -0.25) is 9.97 Å². The van der Waals surface area contributed by atoms with Crippen molar-refractivity contribution in [3.05, 3.63) is 170 Å². The van der Waals surface area contributed by atoms with Gasteiger partial charge in [-0.05, 0) is 75.1 Å². The Kier molecular flexibility index (Phi) is 6.22. The van der Waals surface area contributed by atoms with Gasteiger partial charge < -0.3 is 0 Å². The van der Waals surface area contributed by atoms with Gasteiger partial charge in [-0.2, -0.15) is 0 Å². The number of rotatable bonds is 3. The van der Waals surface area contributed by atoms with Gasteiger partial charge in [-0.25, -0.2) is 9.97 Å². The third-order valence-electron chi connectivity index (χ3n) is 10.5. The molecule has 4 aromatic heterocycles. The van der Waals surface area contributed by atoms with Crippen molar-refractivity contribution in [3.63, 3.8) is 0 Å². The smallest absolute Gasteiger partial charge is 0.0970 e. The molecule has 0 amide bonds. The molecule has 4 nitrogen and oxygen atoms in total. The van der Waals surface area contributed by atoms with Crippen LogP contribution in [0.15, 0.2) is 170 Å². The quantitative estimate of drug-likeness (QED) is 0.177. The molecule has 0 fully saturated rings. The Labute approximate surface area is 298 Å². The van der Waals surface area contributed by atoms with E-state index in [9.17, 15) is 0 Å². The molecule has 0 N–H and O–H groups in total. The average Bonchev–Trinajstić information content (AvgIpc) is 3.22. The monoisotopic (exact) mass is 660 g/mol. The Morgan fingerprint density at radius 3 is 1.79 bits per heavy atom. The number of hydrogen-bond acceptors (Lipinski definition) is 4. The summed E-state index contributed by atoms with van der Waals surface area (Å²) in [7, 11) is 0. The fraction of sp³-hybridized carbons (Fsp3) is 0. The van der Waals surface area contributed by atoms with Crippen LogP contribution in [0.4, 0.5) is 0 Å². The van der Waals surface area contributed by atoms with Crippen molar-refractivity contribution in [2.24, 2.45) is 0 Å². The molecule has 52 heavy (non-hydrogen) atoms. The molecule has 240 valence electrons. The van der Waals surface area contributed by atoms with Crippen molar-refractivity contribution in [1.82, 2.24) is 19.9 Å². The lowest BCUT2D eigenvalue weighted by Crippen LogP contribution is -1.93. The zero-order valence-corrected chi connectivity index (χ0v) is 28.0. The number of fused-ring (bicyclic) bond motifs is 12. The van der Waals surface area contributed by atoms with E-state index in [0.717, 1.165) is 71.9 Å². The maximum atomic E-state index is 5.32. The maximum Gasteiger partial charge on any atom is 0.0970 e. The fourth-order valence-corrected chi connectivity index (χ4v) is 8.10. The molecule has 0 bridgehead atoms. The lowest BCUT2D eigenvalue weighted by Gasteiger charge is -2.16. The highest BCUT2D eigenvalue weighted by molar-refractivity contribution is 6.33. The maximum absolute atomic E-state index is 5.32. The van der Waals surface area contributed by atoms with Gasteiger partial charge in [0.05, 0.1) is 33.5 Å². The number of para-hydroxylation sites is 1. The third kappa shape index (κ3) is 4.34. The summed E-state index contributed by atoms with van der Waals surface area (Å²) < 4.78 is 0. The summed E-state index contributed by atoms with van der Waals surface area (Å²) in [5.41, 5.74) is 10.1. The fourth-order valence-electron chi connectivity index (χ4n) is 8.10. The Balaban J connectivity index is 1.02. The number of hydrogen-bond donors (Lipinski definition) is 0. The molecular formula is C48H28N4. The predicted molar refractivity (Wildman–Crippen MR) is 216 cm³/mol. The van der Waals surface area contributed by atoms with Crippen LogP contribution in [0.1, 0.15) is 0 Å². The van der Waals surface area contributed by atoms with Crippen molar-refractivity contribution in [1.29, 1.82) is 0 Å². The molecule has 0 saturated heterocycles. The van der Waals surface area contributed by atoms with Gasteiger partial charge in [0.25, 0.3) is 0 Å². The summed E-state index contributed by atoms with van der Waals surface area (Å²) in [5, 5.41) is 11.8. The van der Waals surface area contributed by atoms with E-state index in [0.29, 0.717) is 0 Å². The molecule has 4 heteroatoms. The molecule has 0 spiro atoms. The number of benzene rings is 7. The van der Waals surface area contributed by atoms with Crippen molar-refractivity contribution in [2.45, 2.75) is 0 Å². The first-order valence-corrected chi connectivity index (χ1v) is 17.5. The second-order valence-electron chi connectivity index (χ2n) is 13.4. The molecule has 0 aliphatic rings. The van der Waals surface area contributed by atoms with Crippen LogP contribution in [0.2, 0.25) is 0 Å². The first-order chi connectivity index (χ1) is 25.8. The molecule has 0 aliphatic heterocycles. The number of nitrogens with zero attached hydrogens (tertiary/aromatic N) is 4. The summed E-state index contributed by atoms with van der Waals surface area (Å²) in [6.45, 7) is 0. The Hall–Kier alpha value is -7.04. The van der Waals surface area contributed by atoms with Crippen molar-refractivity contribution < 1.29 is 0 Å². The number of aromatic nitrogens is 4. The molecule has 0 atom stereocenters. The van der Waals surface area contributed by atoms with Gasteiger partial charge in [0, 0.05) is 55.8 Å². The molecule has 7 aromatic carbocycles. The Bertz CT molecular complexity index is 3240. The third-order valence-corrected chi connectivity index (χ3v) is 10.5. The topological polar surface area (TPSA) is 51.6 Å². The first kappa shape index (κ1) is 28.8. The van der Waals surface area contributed by atoms with E-state index in [2.05, 4.69) is 151 Å². The zero-order valence-electron chi connectivity index (χ0n) is 28.0. The minimum atomic E-state index is 0.918. The number of pyridine rings is 4. The van der Waals surface area contributed by atoms with Gasteiger partial charge in [-0.15, -0.1) is 0 Å². The highest BCUT2D eigenvalue weighted by Crippen LogP contribution is 2.43. The summed E-state index contributed by atoms with van der Waals surface area (Å²) in [6.07, 6.45) is 3.66. The molecule has 11 aromatic rings. The largest absolute Gasteiger partial charge is 0.254 e. The molecule has 11 rings (SSSR count). The van der Waals surface area contributed by atoms with E-state index in [1.807, 2.05) is 24.5 Å². The molecule has 0 aliphatic carbocycles. The van der Waals surface area contributed by atoms with Crippen LogP contribution in [-0.2, 0) is 0 Å². The van der Waals surface area contributed by atoms with Gasteiger partial charge in [0.1, 0.15) is 0 Å². The van der Waals surface area contributed by atoms with Crippen molar-refractivity contribution in [2.75, 3.05) is 0 Å². The molecule has 0 saturated carbocycles. The lowest BCUT2D eigenvalue weighted by molar-refractivity contribution is 1.37. The molecule has 4 heterocycles. The van der Waals surface area contributed by atoms with Gasteiger partial charge in [-0.1, -0.05) is 115 Å². The average molecular weight is 661 g/mol. The molecular weight excluding hydrogens is 633 g/mol. The van der Waals surface area contributed by atoms with Crippen LogP contribution in [0.3, 0.4) is 0 Å². The van der Waals surface area contributed by atoms with E-state index >= 15 is 0 Å². The van der Waals surface area contributed by atoms with Crippen LogP contribution >= 0.6 is 0 Å². The highest BCUT2D eigenvalue weighted by atomic mass is 14.7. The van der Waals surface area contributed by atoms with Crippen molar-refractivity contribution >= 4 is 75.9 Å². The van der Waals surface area contributed by atoms with Crippen molar-refractivity contribution in [3.8, 4) is 33.6 Å². The standard InChI is InChI=1S/C48H28N4/c1-3-12-36-34(10-1)35-11-2-4-13-37(35)45-44(36)39-14-5-6-16-43(39)52-46(45)30-19-17-29(18-20-30)41-24-22-32-27-31(21-23-42(32)51-41)40-28-33-9-7-25-49-47(33)48-38(40)15-8-26-50-48/h1-28H. The predicted octanol–water partition coefficient (Wildman–Crippen LogP) is 12.3. The SMILES string of the molecule is c1cnc2c(c1)cc(-c1ccc3nc(-c4ccc(-c5nc6ccccc6c6c7ccccc7c7ccccc7c56)cc4)ccc3c1)c1cccnc12. The van der Waals surface area contributed by atoms with Gasteiger partial charge in [0.15, 0.2) is 0 Å². The lowest BCUT2D eigenvalue weighted by atomic mass is 9.90. The summed E-state index contributed by atoms with van der Waals surface area (Å²) in [5.74, 6) is 0. The second kappa shape index (κ2) is 11.2. The van der Waals surface area contributed by atoms with E-state index in [-0.39, 0.29) is 0 Å². The summed E-state index contributed by atoms with van der Waals surface area (Å²) >= 11 is 0. The zero-order chi connectivity index (χ0) is 34.2. The van der Waals surface area contributed by atoms with E-state index in [1.165, 1.54) is 37.7 Å². The first-order valence-electron chi connectivity index (χ1n) is 17.5. The highest BCUT2D eigenvalue weighted by Gasteiger charge is 2.18. The molecule has 0 unspecified atom stereocenters. The Morgan fingerprint density at radius 1 is 0.346 bits per heavy atom. The van der Waals surface area contributed by atoms with E-state index in [1.54, 1.807) is 0 Å². The summed E-state index contributed by atoms with van der Waals surface area (Å²) in [6, 6.07) is 55.9. The van der Waals surface area contributed by atoms with E-state index in [4.69, 9.17) is 15.0 Å². The van der Waals surface area contributed by atoms with Crippen LogP contribution < -0.4 is 0 Å². The minimum absolute atomic E-state index is 0.918. The van der Waals surface area contributed by atoms with Crippen LogP contribution in [-0.4, -0.2) is 19.9 Å². The van der Waals surface area contributed by atoms with Gasteiger partial charge in [0.2, 0.25) is 0 Å². The second-order valence-corrected chi connectivity index (χ2v) is 13.4. The van der Waals surface area contributed by atoms with E-state index < -0.39 is 0 Å². The normalized spacial score (nSPS) is 11.8. The minimum Gasteiger partial charge on any atom is -0.254 e. The van der Waals surface area contributed by atoms with Gasteiger partial charge >= 0.3 is 0 Å². The van der Waals surface area contributed by atoms with Crippen LogP contribution in [0, 0.1) is 0 Å². The van der Waals surface area contributed by atoms with Crippen LogP contribution in [0.5, 0.6) is 0 Å². The summed E-state index contributed by atoms with van der Waals surface area (Å²) in [4.78, 5) is 19.8. The Morgan fingerprint density at radius 2 is 0.981 bits per heavy atom.